The molecule has 138 valence electrons. The Balaban J connectivity index is 1.65. The Morgan fingerprint density at radius 1 is 0.926 bits per heavy atom. The maximum absolute atomic E-state index is 12.4. The molecule has 2 aromatic heterocycles. The summed E-state index contributed by atoms with van der Waals surface area (Å²) in [4.78, 5) is 20.5. The van der Waals surface area contributed by atoms with E-state index < -0.39 is 0 Å². The fraction of sp³-hybridized carbons (Fsp3) is 0.227. The van der Waals surface area contributed by atoms with E-state index in [0.29, 0.717) is 12.2 Å². The number of pyridine rings is 2. The van der Waals surface area contributed by atoms with Crippen LogP contribution in [0.3, 0.4) is 0 Å². The van der Waals surface area contributed by atoms with Gasteiger partial charge in [0.2, 0.25) is 0 Å². The molecule has 2 N–H and O–H groups in total. The number of carbonyl (C=O) groups is 1. The fourth-order valence-electron chi connectivity index (χ4n) is 2.63. The van der Waals surface area contributed by atoms with E-state index in [9.17, 15) is 4.79 Å². The molecule has 0 aliphatic heterocycles. The zero-order chi connectivity index (χ0) is 19.3. The normalized spacial score (nSPS) is 11.1. The van der Waals surface area contributed by atoms with Crippen LogP contribution in [0.5, 0.6) is 0 Å². The van der Waals surface area contributed by atoms with Crippen LogP contribution in [-0.2, 0) is 12.0 Å². The number of rotatable bonds is 5. The van der Waals surface area contributed by atoms with Crippen LogP contribution < -0.4 is 10.6 Å². The van der Waals surface area contributed by atoms with Gasteiger partial charge < -0.3 is 10.6 Å². The molecule has 1 amide bonds. The third kappa shape index (κ3) is 5.14. The molecule has 0 saturated heterocycles. The SMILES string of the molecule is CC(C)(C)c1ccc(Nc2ccnc(C(=O)NCc3ccncc3)c2)cc1. The van der Waals surface area contributed by atoms with E-state index in [0.717, 1.165) is 16.9 Å². The van der Waals surface area contributed by atoms with E-state index >= 15 is 0 Å². The predicted octanol–water partition coefficient (Wildman–Crippen LogP) is 4.45. The number of aromatic nitrogens is 2. The van der Waals surface area contributed by atoms with E-state index in [-0.39, 0.29) is 11.3 Å². The quantitative estimate of drug-likeness (QED) is 0.705. The summed E-state index contributed by atoms with van der Waals surface area (Å²) in [5.74, 6) is -0.210. The number of carbonyl (C=O) groups excluding carboxylic acids is 1. The highest BCUT2D eigenvalue weighted by molar-refractivity contribution is 5.93. The van der Waals surface area contributed by atoms with Gasteiger partial charge in [-0.05, 0) is 52.9 Å². The summed E-state index contributed by atoms with van der Waals surface area (Å²) in [5.41, 5.74) is 4.56. The van der Waals surface area contributed by atoms with E-state index in [1.54, 1.807) is 24.7 Å². The van der Waals surface area contributed by atoms with Gasteiger partial charge in [0.1, 0.15) is 5.69 Å². The van der Waals surface area contributed by atoms with Crippen molar-refractivity contribution in [3.05, 3.63) is 83.9 Å². The zero-order valence-electron chi connectivity index (χ0n) is 15.9. The van der Waals surface area contributed by atoms with E-state index in [1.165, 1.54) is 5.56 Å². The smallest absolute Gasteiger partial charge is 0.270 e. The Bertz CT molecular complexity index is 900. The third-order valence-electron chi connectivity index (χ3n) is 4.23. The van der Waals surface area contributed by atoms with Crippen LogP contribution in [-0.4, -0.2) is 15.9 Å². The van der Waals surface area contributed by atoms with Crippen molar-refractivity contribution in [3.8, 4) is 0 Å². The summed E-state index contributed by atoms with van der Waals surface area (Å²) >= 11 is 0. The highest BCUT2D eigenvalue weighted by Crippen LogP contribution is 2.25. The molecule has 0 fully saturated rings. The van der Waals surface area contributed by atoms with Crippen LogP contribution in [0.4, 0.5) is 11.4 Å². The Morgan fingerprint density at radius 2 is 1.63 bits per heavy atom. The summed E-state index contributed by atoms with van der Waals surface area (Å²) < 4.78 is 0. The third-order valence-corrected chi connectivity index (χ3v) is 4.23. The zero-order valence-corrected chi connectivity index (χ0v) is 15.9. The minimum absolute atomic E-state index is 0.120. The lowest BCUT2D eigenvalue weighted by Crippen LogP contribution is -2.23. The summed E-state index contributed by atoms with van der Waals surface area (Å²) in [5, 5.41) is 6.20. The second-order valence-electron chi connectivity index (χ2n) is 7.42. The second-order valence-corrected chi connectivity index (χ2v) is 7.42. The first-order valence-electron chi connectivity index (χ1n) is 8.92. The molecule has 0 aliphatic rings. The van der Waals surface area contributed by atoms with E-state index in [1.807, 2.05) is 30.3 Å². The Kier molecular flexibility index (Phi) is 5.50. The molecule has 0 unspecified atom stereocenters. The standard InChI is InChI=1S/C22H24N4O/c1-22(2,3)17-4-6-18(7-5-17)26-19-10-13-24-20(14-19)21(27)25-15-16-8-11-23-12-9-16/h4-14H,15H2,1-3H3,(H,24,26)(H,25,27). The number of hydrogen-bond acceptors (Lipinski definition) is 4. The molecule has 0 radical (unpaired) electrons. The average Bonchev–Trinajstić information content (AvgIpc) is 2.67. The molecule has 3 rings (SSSR count). The largest absolute Gasteiger partial charge is 0.355 e. The molecule has 1 aromatic carbocycles. The minimum Gasteiger partial charge on any atom is -0.355 e. The molecule has 5 nitrogen and oxygen atoms in total. The molecule has 2 heterocycles. The lowest BCUT2D eigenvalue weighted by atomic mass is 9.87. The number of nitrogens with one attached hydrogen (secondary N) is 2. The van der Waals surface area contributed by atoms with Gasteiger partial charge in [-0.3, -0.25) is 14.8 Å². The van der Waals surface area contributed by atoms with Gasteiger partial charge in [-0.15, -0.1) is 0 Å². The minimum atomic E-state index is -0.210. The van der Waals surface area contributed by atoms with Crippen LogP contribution >= 0.6 is 0 Å². The van der Waals surface area contributed by atoms with Crippen molar-refractivity contribution in [3.63, 3.8) is 0 Å². The topological polar surface area (TPSA) is 66.9 Å². The van der Waals surface area contributed by atoms with Crippen LogP contribution in [0.25, 0.3) is 0 Å². The predicted molar refractivity (Wildman–Crippen MR) is 108 cm³/mol. The molecule has 3 aromatic rings. The highest BCUT2D eigenvalue weighted by atomic mass is 16.1. The van der Waals surface area contributed by atoms with Crippen molar-refractivity contribution in [1.82, 2.24) is 15.3 Å². The summed E-state index contributed by atoms with van der Waals surface area (Å²) in [6.07, 6.45) is 5.04. The van der Waals surface area contributed by atoms with Gasteiger partial charge in [0, 0.05) is 36.5 Å². The maximum Gasteiger partial charge on any atom is 0.270 e. The van der Waals surface area contributed by atoms with Crippen LogP contribution in [0.1, 0.15) is 42.4 Å². The molecule has 0 bridgehead atoms. The second kappa shape index (κ2) is 7.99. The van der Waals surface area contributed by atoms with Gasteiger partial charge in [0.05, 0.1) is 0 Å². The maximum atomic E-state index is 12.4. The first kappa shape index (κ1) is 18.6. The molecule has 0 atom stereocenters. The molecule has 5 heteroatoms. The number of nitrogens with zero attached hydrogens (tertiary/aromatic N) is 2. The highest BCUT2D eigenvalue weighted by Gasteiger charge is 2.13. The van der Waals surface area contributed by atoms with Crippen LogP contribution in [0, 0.1) is 0 Å². The fourth-order valence-corrected chi connectivity index (χ4v) is 2.63. The number of hydrogen-bond donors (Lipinski definition) is 2. The molecular weight excluding hydrogens is 336 g/mol. The van der Waals surface area contributed by atoms with E-state index in [2.05, 4.69) is 53.5 Å². The average molecular weight is 360 g/mol. The molecular formula is C22H24N4O. The lowest BCUT2D eigenvalue weighted by Gasteiger charge is -2.19. The monoisotopic (exact) mass is 360 g/mol. The van der Waals surface area contributed by atoms with Crippen molar-refractivity contribution in [1.29, 1.82) is 0 Å². The number of amides is 1. The van der Waals surface area contributed by atoms with Gasteiger partial charge >= 0.3 is 0 Å². The van der Waals surface area contributed by atoms with Crippen molar-refractivity contribution in [2.24, 2.45) is 0 Å². The van der Waals surface area contributed by atoms with Gasteiger partial charge in [-0.2, -0.15) is 0 Å². The van der Waals surface area contributed by atoms with Gasteiger partial charge in [-0.25, -0.2) is 0 Å². The molecule has 27 heavy (non-hydrogen) atoms. The van der Waals surface area contributed by atoms with E-state index in [4.69, 9.17) is 0 Å². The van der Waals surface area contributed by atoms with Gasteiger partial charge in [0.25, 0.3) is 5.91 Å². The molecule has 0 aliphatic carbocycles. The first-order valence-corrected chi connectivity index (χ1v) is 8.92. The molecule has 0 saturated carbocycles. The Labute approximate surface area is 159 Å². The summed E-state index contributed by atoms with van der Waals surface area (Å²) in [6.45, 7) is 7.01. The van der Waals surface area contributed by atoms with Gasteiger partial charge in [-0.1, -0.05) is 32.9 Å². The summed E-state index contributed by atoms with van der Waals surface area (Å²) in [6, 6.07) is 15.7. The Morgan fingerprint density at radius 3 is 2.30 bits per heavy atom. The van der Waals surface area contributed by atoms with Crippen LogP contribution in [0.2, 0.25) is 0 Å². The number of benzene rings is 1. The lowest BCUT2D eigenvalue weighted by molar-refractivity contribution is 0.0946. The van der Waals surface area contributed by atoms with Crippen molar-refractivity contribution >= 4 is 17.3 Å². The first-order chi connectivity index (χ1) is 12.9. The Hall–Kier alpha value is -3.21. The van der Waals surface area contributed by atoms with Crippen molar-refractivity contribution in [2.45, 2.75) is 32.7 Å². The van der Waals surface area contributed by atoms with Crippen molar-refractivity contribution < 1.29 is 4.79 Å². The van der Waals surface area contributed by atoms with Crippen LogP contribution in [0.15, 0.2) is 67.1 Å². The van der Waals surface area contributed by atoms with Gasteiger partial charge in [0.15, 0.2) is 0 Å². The molecule has 0 spiro atoms. The summed E-state index contributed by atoms with van der Waals surface area (Å²) in [7, 11) is 0. The van der Waals surface area contributed by atoms with Crippen molar-refractivity contribution in [2.75, 3.05) is 5.32 Å². The number of anilines is 2.